The third-order valence-electron chi connectivity index (χ3n) is 3.63. The Hall–Kier alpha value is -2.37. The van der Waals surface area contributed by atoms with Crippen molar-refractivity contribution in [1.29, 1.82) is 0 Å². The number of anilines is 2. The normalized spacial score (nSPS) is 20.8. The number of amides is 2. The molecule has 3 N–H and O–H groups in total. The standard InChI is InChI=1S/C15H18N2O4/c1-9(18)16-12-4-6-13(7-5-12)17-14(19)10-2-3-11(8-10)15(20)21/h4-7,10-11H,2-3,8H2,1H3,(H,16,18)(H,17,19)(H,20,21). The molecule has 6 heteroatoms. The number of carboxylic acids is 1. The van der Waals surface area contributed by atoms with Gasteiger partial charge in [0.15, 0.2) is 0 Å². The number of nitrogens with one attached hydrogen (secondary N) is 2. The highest BCUT2D eigenvalue weighted by Crippen LogP contribution is 2.32. The summed E-state index contributed by atoms with van der Waals surface area (Å²) in [6, 6.07) is 6.80. The second-order valence-corrected chi connectivity index (χ2v) is 5.29. The van der Waals surface area contributed by atoms with Gasteiger partial charge in [-0.15, -0.1) is 0 Å². The smallest absolute Gasteiger partial charge is 0.306 e. The molecule has 0 saturated heterocycles. The summed E-state index contributed by atoms with van der Waals surface area (Å²) in [5, 5.41) is 14.4. The fourth-order valence-electron chi connectivity index (χ4n) is 2.53. The molecule has 0 bridgehead atoms. The molecule has 1 aliphatic rings. The van der Waals surface area contributed by atoms with E-state index in [2.05, 4.69) is 10.6 Å². The van der Waals surface area contributed by atoms with Gasteiger partial charge in [-0.25, -0.2) is 0 Å². The molecule has 21 heavy (non-hydrogen) atoms. The molecular weight excluding hydrogens is 272 g/mol. The van der Waals surface area contributed by atoms with Crippen molar-refractivity contribution >= 4 is 29.2 Å². The molecule has 2 rings (SSSR count). The topological polar surface area (TPSA) is 95.5 Å². The van der Waals surface area contributed by atoms with Crippen LogP contribution in [0, 0.1) is 11.8 Å². The van der Waals surface area contributed by atoms with Crippen LogP contribution in [0.15, 0.2) is 24.3 Å². The Bertz CT molecular complexity index is 553. The maximum Gasteiger partial charge on any atom is 0.306 e. The summed E-state index contributed by atoms with van der Waals surface area (Å²) in [6.07, 6.45) is 1.55. The molecule has 1 aromatic carbocycles. The van der Waals surface area contributed by atoms with Crippen molar-refractivity contribution in [2.45, 2.75) is 26.2 Å². The maximum atomic E-state index is 12.1. The Labute approximate surface area is 122 Å². The van der Waals surface area contributed by atoms with Gasteiger partial charge in [-0.05, 0) is 43.5 Å². The maximum absolute atomic E-state index is 12.1. The number of hydrogen-bond donors (Lipinski definition) is 3. The Morgan fingerprint density at radius 2 is 1.52 bits per heavy atom. The lowest BCUT2D eigenvalue weighted by Crippen LogP contribution is -2.21. The molecule has 1 fully saturated rings. The van der Waals surface area contributed by atoms with Gasteiger partial charge in [0.25, 0.3) is 0 Å². The number of carbonyl (C=O) groups excluding carboxylic acids is 2. The molecule has 0 aliphatic heterocycles. The summed E-state index contributed by atoms with van der Waals surface area (Å²) >= 11 is 0. The van der Waals surface area contributed by atoms with Crippen molar-refractivity contribution in [3.8, 4) is 0 Å². The monoisotopic (exact) mass is 290 g/mol. The Morgan fingerprint density at radius 3 is 2.00 bits per heavy atom. The molecule has 0 heterocycles. The van der Waals surface area contributed by atoms with E-state index in [-0.39, 0.29) is 17.7 Å². The summed E-state index contributed by atoms with van der Waals surface area (Å²) < 4.78 is 0. The number of hydrogen-bond acceptors (Lipinski definition) is 3. The molecule has 2 unspecified atom stereocenters. The quantitative estimate of drug-likeness (QED) is 0.791. The second-order valence-electron chi connectivity index (χ2n) is 5.29. The minimum atomic E-state index is -0.829. The van der Waals surface area contributed by atoms with Gasteiger partial charge in [-0.2, -0.15) is 0 Å². The predicted molar refractivity (Wildman–Crippen MR) is 77.8 cm³/mol. The first-order valence-electron chi connectivity index (χ1n) is 6.87. The summed E-state index contributed by atoms with van der Waals surface area (Å²) in [4.78, 5) is 33.9. The van der Waals surface area contributed by atoms with Gasteiger partial charge in [-0.3, -0.25) is 14.4 Å². The number of carbonyl (C=O) groups is 3. The third-order valence-corrected chi connectivity index (χ3v) is 3.63. The summed E-state index contributed by atoms with van der Waals surface area (Å²) in [7, 11) is 0. The molecule has 1 aliphatic carbocycles. The van der Waals surface area contributed by atoms with E-state index in [1.807, 2.05) is 0 Å². The van der Waals surface area contributed by atoms with Crippen molar-refractivity contribution in [2.24, 2.45) is 11.8 Å². The predicted octanol–water partition coefficient (Wildman–Crippen LogP) is 2.08. The minimum absolute atomic E-state index is 0.147. The highest BCUT2D eigenvalue weighted by molar-refractivity contribution is 5.94. The lowest BCUT2D eigenvalue weighted by atomic mass is 10.0. The van der Waals surface area contributed by atoms with Gasteiger partial charge in [0.1, 0.15) is 0 Å². The molecule has 2 amide bonds. The zero-order chi connectivity index (χ0) is 15.4. The van der Waals surface area contributed by atoms with E-state index >= 15 is 0 Å². The SMILES string of the molecule is CC(=O)Nc1ccc(NC(=O)C2CCC(C(=O)O)C2)cc1. The number of carboxylic acid groups (broad SMARTS) is 1. The summed E-state index contributed by atoms with van der Waals surface area (Å²) in [6.45, 7) is 1.43. The van der Waals surface area contributed by atoms with Crippen LogP contribution in [0.1, 0.15) is 26.2 Å². The van der Waals surface area contributed by atoms with E-state index in [4.69, 9.17) is 5.11 Å². The molecule has 0 aromatic heterocycles. The van der Waals surface area contributed by atoms with Crippen molar-refractivity contribution in [3.63, 3.8) is 0 Å². The third kappa shape index (κ3) is 4.05. The van der Waals surface area contributed by atoms with Crippen molar-refractivity contribution < 1.29 is 19.5 Å². The van der Waals surface area contributed by atoms with Gasteiger partial charge in [0.05, 0.1) is 5.92 Å². The minimum Gasteiger partial charge on any atom is -0.481 e. The Kier molecular flexibility index (Phi) is 4.57. The summed E-state index contributed by atoms with van der Waals surface area (Å²) in [5.41, 5.74) is 1.29. The lowest BCUT2D eigenvalue weighted by molar-refractivity contribution is -0.141. The second kappa shape index (κ2) is 6.39. The summed E-state index contributed by atoms with van der Waals surface area (Å²) in [5.74, 6) is -1.79. The zero-order valence-corrected chi connectivity index (χ0v) is 11.8. The fraction of sp³-hybridized carbons (Fsp3) is 0.400. The Balaban J connectivity index is 1.91. The van der Waals surface area contributed by atoms with Gasteiger partial charge >= 0.3 is 5.97 Å². The van der Waals surface area contributed by atoms with Crippen molar-refractivity contribution in [2.75, 3.05) is 10.6 Å². The molecule has 0 radical (unpaired) electrons. The first-order valence-corrected chi connectivity index (χ1v) is 6.87. The van der Waals surface area contributed by atoms with E-state index in [1.165, 1.54) is 6.92 Å². The van der Waals surface area contributed by atoms with Crippen LogP contribution in [0.4, 0.5) is 11.4 Å². The van der Waals surface area contributed by atoms with E-state index in [0.29, 0.717) is 30.6 Å². The Morgan fingerprint density at radius 1 is 1.00 bits per heavy atom. The van der Waals surface area contributed by atoms with E-state index in [0.717, 1.165) is 0 Å². The molecule has 2 atom stereocenters. The van der Waals surface area contributed by atoms with Crippen LogP contribution in [0.25, 0.3) is 0 Å². The molecule has 6 nitrogen and oxygen atoms in total. The first-order chi connectivity index (χ1) is 9.95. The van der Waals surface area contributed by atoms with Crippen LogP contribution in [-0.2, 0) is 14.4 Å². The van der Waals surface area contributed by atoms with Gasteiger partial charge in [-0.1, -0.05) is 0 Å². The molecule has 0 spiro atoms. The largest absolute Gasteiger partial charge is 0.481 e. The molecule has 1 aromatic rings. The zero-order valence-electron chi connectivity index (χ0n) is 11.8. The van der Waals surface area contributed by atoms with E-state index in [1.54, 1.807) is 24.3 Å². The van der Waals surface area contributed by atoms with Crippen LogP contribution in [0.3, 0.4) is 0 Å². The lowest BCUT2D eigenvalue weighted by Gasteiger charge is -2.11. The van der Waals surface area contributed by atoms with Gasteiger partial charge in [0, 0.05) is 24.2 Å². The molecule has 1 saturated carbocycles. The molecule has 112 valence electrons. The highest BCUT2D eigenvalue weighted by atomic mass is 16.4. The van der Waals surface area contributed by atoms with Gasteiger partial charge < -0.3 is 15.7 Å². The fourth-order valence-corrected chi connectivity index (χ4v) is 2.53. The van der Waals surface area contributed by atoms with Crippen LogP contribution >= 0.6 is 0 Å². The van der Waals surface area contributed by atoms with E-state index in [9.17, 15) is 14.4 Å². The van der Waals surface area contributed by atoms with Crippen LogP contribution in [0.2, 0.25) is 0 Å². The van der Waals surface area contributed by atoms with Crippen LogP contribution in [-0.4, -0.2) is 22.9 Å². The van der Waals surface area contributed by atoms with Crippen molar-refractivity contribution in [3.05, 3.63) is 24.3 Å². The molecular formula is C15H18N2O4. The van der Waals surface area contributed by atoms with E-state index < -0.39 is 11.9 Å². The van der Waals surface area contributed by atoms with Crippen LogP contribution < -0.4 is 10.6 Å². The van der Waals surface area contributed by atoms with Crippen LogP contribution in [0.5, 0.6) is 0 Å². The number of benzene rings is 1. The number of aliphatic carboxylic acids is 1. The first kappa shape index (κ1) is 15.0. The highest BCUT2D eigenvalue weighted by Gasteiger charge is 2.33. The average Bonchev–Trinajstić information content (AvgIpc) is 2.90. The average molecular weight is 290 g/mol. The van der Waals surface area contributed by atoms with Gasteiger partial charge in [0.2, 0.25) is 11.8 Å². The number of rotatable bonds is 4. The van der Waals surface area contributed by atoms with Crippen molar-refractivity contribution in [1.82, 2.24) is 0 Å².